The summed E-state index contributed by atoms with van der Waals surface area (Å²) in [5.41, 5.74) is -2.43. The number of rotatable bonds is 3. The van der Waals surface area contributed by atoms with Crippen LogP contribution in [0.1, 0.15) is 22.5 Å². The van der Waals surface area contributed by atoms with Crippen molar-refractivity contribution in [2.24, 2.45) is 0 Å². The molecule has 19 heavy (non-hydrogen) atoms. The first-order chi connectivity index (χ1) is 8.88. The molecule has 1 aliphatic rings. The summed E-state index contributed by atoms with van der Waals surface area (Å²) < 4.78 is 43.1. The van der Waals surface area contributed by atoms with E-state index >= 15 is 0 Å². The number of ether oxygens (including phenoxy) is 1. The molecule has 9 heteroatoms. The lowest BCUT2D eigenvalue weighted by molar-refractivity contribution is -0.141. The van der Waals surface area contributed by atoms with Crippen molar-refractivity contribution in [2.45, 2.75) is 18.6 Å². The summed E-state index contributed by atoms with van der Waals surface area (Å²) in [6, 6.07) is -0.170. The highest BCUT2D eigenvalue weighted by Crippen LogP contribution is 2.30. The highest BCUT2D eigenvalue weighted by Gasteiger charge is 2.38. The molecular formula is C10H10F3N3O3. The van der Waals surface area contributed by atoms with Gasteiger partial charge >= 0.3 is 12.1 Å². The quantitative estimate of drug-likeness (QED) is 0.868. The number of nitrogens with zero attached hydrogens (tertiary/aromatic N) is 2. The fourth-order valence-electron chi connectivity index (χ4n) is 1.65. The minimum absolute atomic E-state index is 0.170. The maximum absolute atomic E-state index is 12.7. The highest BCUT2D eigenvalue weighted by molar-refractivity contribution is 5.88. The van der Waals surface area contributed by atoms with E-state index in [1.165, 1.54) is 0 Å². The summed E-state index contributed by atoms with van der Waals surface area (Å²) >= 11 is 0. The molecule has 0 bridgehead atoms. The molecule has 0 unspecified atom stereocenters. The number of carboxylic acids is 1. The van der Waals surface area contributed by atoms with Crippen LogP contribution >= 0.6 is 0 Å². The van der Waals surface area contributed by atoms with Crippen molar-refractivity contribution in [2.75, 3.05) is 18.5 Å². The highest BCUT2D eigenvalue weighted by atomic mass is 19.4. The zero-order valence-electron chi connectivity index (χ0n) is 9.57. The second-order valence-corrected chi connectivity index (χ2v) is 3.96. The summed E-state index contributed by atoms with van der Waals surface area (Å²) in [5.74, 6) is -1.98. The second kappa shape index (κ2) is 5.00. The maximum Gasteiger partial charge on any atom is 0.434 e. The molecule has 1 aliphatic heterocycles. The van der Waals surface area contributed by atoms with Crippen LogP contribution in [0.2, 0.25) is 0 Å². The summed E-state index contributed by atoms with van der Waals surface area (Å²) in [6.45, 7) is 0.863. The van der Waals surface area contributed by atoms with Crippen LogP contribution in [0.15, 0.2) is 6.20 Å². The fraction of sp³-hybridized carbons (Fsp3) is 0.500. The van der Waals surface area contributed by atoms with Crippen LogP contribution in [0.25, 0.3) is 0 Å². The first-order valence-corrected chi connectivity index (χ1v) is 5.39. The number of carboxylic acid groups (broad SMARTS) is 1. The summed E-state index contributed by atoms with van der Waals surface area (Å²) in [5, 5.41) is 11.4. The Hall–Kier alpha value is -1.90. The average Bonchev–Trinajstić information content (AvgIpc) is 2.80. The lowest BCUT2D eigenvalue weighted by Crippen LogP contribution is -2.23. The molecule has 2 rings (SSSR count). The first kappa shape index (κ1) is 13.5. The van der Waals surface area contributed by atoms with Gasteiger partial charge in [-0.05, 0) is 6.42 Å². The molecule has 1 aromatic rings. The predicted molar refractivity (Wildman–Crippen MR) is 56.8 cm³/mol. The number of hydrogen-bond acceptors (Lipinski definition) is 5. The third-order valence-electron chi connectivity index (χ3n) is 2.55. The van der Waals surface area contributed by atoms with Crippen LogP contribution in [-0.4, -0.2) is 40.3 Å². The van der Waals surface area contributed by atoms with Crippen LogP contribution in [0.4, 0.5) is 19.1 Å². The first-order valence-electron chi connectivity index (χ1n) is 5.39. The number of anilines is 1. The largest absolute Gasteiger partial charge is 0.478 e. The number of aromatic nitrogens is 2. The van der Waals surface area contributed by atoms with E-state index in [0.29, 0.717) is 25.8 Å². The van der Waals surface area contributed by atoms with Crippen molar-refractivity contribution >= 4 is 11.9 Å². The molecule has 0 radical (unpaired) electrons. The summed E-state index contributed by atoms with van der Waals surface area (Å²) in [4.78, 5) is 17.5. The molecule has 0 aliphatic carbocycles. The van der Waals surface area contributed by atoms with Crippen LogP contribution in [0.3, 0.4) is 0 Å². The van der Waals surface area contributed by atoms with Crippen LogP contribution < -0.4 is 5.32 Å². The van der Waals surface area contributed by atoms with E-state index in [4.69, 9.17) is 9.84 Å². The molecule has 6 nitrogen and oxygen atoms in total. The lowest BCUT2D eigenvalue weighted by atomic mass is 10.2. The van der Waals surface area contributed by atoms with Gasteiger partial charge in [0.05, 0.1) is 12.6 Å². The maximum atomic E-state index is 12.7. The van der Waals surface area contributed by atoms with E-state index in [-0.39, 0.29) is 12.0 Å². The number of aromatic carboxylic acids is 1. The van der Waals surface area contributed by atoms with Crippen molar-refractivity contribution in [3.63, 3.8) is 0 Å². The Morgan fingerprint density at radius 3 is 2.79 bits per heavy atom. The summed E-state index contributed by atoms with van der Waals surface area (Å²) in [7, 11) is 0. The van der Waals surface area contributed by atoms with Gasteiger partial charge < -0.3 is 15.2 Å². The number of nitrogens with one attached hydrogen (secondary N) is 1. The van der Waals surface area contributed by atoms with Crippen molar-refractivity contribution < 1.29 is 27.8 Å². The molecule has 1 fully saturated rings. The smallest absolute Gasteiger partial charge is 0.434 e. The number of carbonyl (C=O) groups is 1. The van der Waals surface area contributed by atoms with Crippen molar-refractivity contribution in [3.8, 4) is 0 Å². The molecule has 1 atom stereocenters. The minimum atomic E-state index is -4.85. The van der Waals surface area contributed by atoms with Gasteiger partial charge in [-0.25, -0.2) is 14.8 Å². The molecule has 2 heterocycles. The standard InChI is InChI=1S/C10H10F3N3O3/c11-10(12,13)7-6(8(17)18)3-14-9(16-7)15-5-1-2-19-4-5/h3,5H,1-2,4H2,(H,17,18)(H,14,15,16)/t5-/m0/s1. The molecule has 0 amide bonds. The monoisotopic (exact) mass is 277 g/mol. The molecule has 104 valence electrons. The Balaban J connectivity index is 2.29. The predicted octanol–water partition coefficient (Wildman–Crippen LogP) is 1.39. The molecule has 0 aromatic carbocycles. The number of hydrogen-bond donors (Lipinski definition) is 2. The minimum Gasteiger partial charge on any atom is -0.478 e. The molecular weight excluding hydrogens is 267 g/mol. The van der Waals surface area contributed by atoms with E-state index in [2.05, 4.69) is 15.3 Å². The Morgan fingerprint density at radius 2 is 2.26 bits per heavy atom. The molecule has 1 aromatic heterocycles. The topological polar surface area (TPSA) is 84.3 Å². The number of alkyl halides is 3. The van der Waals surface area contributed by atoms with E-state index in [0.717, 1.165) is 0 Å². The Kier molecular flexibility index (Phi) is 3.56. The molecule has 1 saturated heterocycles. The van der Waals surface area contributed by atoms with Gasteiger partial charge in [0.15, 0.2) is 5.69 Å². The summed E-state index contributed by atoms with van der Waals surface area (Å²) in [6.07, 6.45) is -3.57. The van der Waals surface area contributed by atoms with Gasteiger partial charge in [0, 0.05) is 12.8 Å². The van der Waals surface area contributed by atoms with Gasteiger partial charge in [-0.3, -0.25) is 0 Å². The van der Waals surface area contributed by atoms with Gasteiger partial charge in [0.25, 0.3) is 0 Å². The Labute approximate surface area is 105 Å². The van der Waals surface area contributed by atoms with Gasteiger partial charge in [-0.15, -0.1) is 0 Å². The van der Waals surface area contributed by atoms with E-state index in [1.54, 1.807) is 0 Å². The van der Waals surface area contributed by atoms with Crippen LogP contribution in [-0.2, 0) is 10.9 Å². The van der Waals surface area contributed by atoms with E-state index < -0.39 is 23.4 Å². The lowest BCUT2D eigenvalue weighted by Gasteiger charge is -2.13. The van der Waals surface area contributed by atoms with Gasteiger partial charge in [-0.2, -0.15) is 13.2 Å². The zero-order valence-corrected chi connectivity index (χ0v) is 9.57. The van der Waals surface area contributed by atoms with Crippen molar-refractivity contribution in [3.05, 3.63) is 17.5 Å². The average molecular weight is 277 g/mol. The zero-order chi connectivity index (χ0) is 14.0. The second-order valence-electron chi connectivity index (χ2n) is 3.96. The molecule has 2 N–H and O–H groups in total. The third kappa shape index (κ3) is 3.11. The molecule has 0 spiro atoms. The molecule has 0 saturated carbocycles. The van der Waals surface area contributed by atoms with Gasteiger partial charge in [0.2, 0.25) is 5.95 Å². The van der Waals surface area contributed by atoms with Gasteiger partial charge in [0.1, 0.15) is 5.56 Å². The SMILES string of the molecule is O=C(O)c1cnc(N[C@H]2CCOC2)nc1C(F)(F)F. The Bertz CT molecular complexity index is 487. The van der Waals surface area contributed by atoms with Crippen LogP contribution in [0, 0.1) is 0 Å². The normalized spacial score (nSPS) is 19.4. The fourth-order valence-corrected chi connectivity index (χ4v) is 1.65. The van der Waals surface area contributed by atoms with Crippen molar-refractivity contribution in [1.82, 2.24) is 9.97 Å². The van der Waals surface area contributed by atoms with E-state index in [9.17, 15) is 18.0 Å². The van der Waals surface area contributed by atoms with Crippen LogP contribution in [0.5, 0.6) is 0 Å². The van der Waals surface area contributed by atoms with Gasteiger partial charge in [-0.1, -0.05) is 0 Å². The number of halogens is 3. The van der Waals surface area contributed by atoms with Crippen molar-refractivity contribution in [1.29, 1.82) is 0 Å². The Morgan fingerprint density at radius 1 is 1.53 bits per heavy atom. The third-order valence-corrected chi connectivity index (χ3v) is 2.55. The van der Waals surface area contributed by atoms with E-state index in [1.807, 2.05) is 0 Å².